The third-order valence-corrected chi connectivity index (χ3v) is 2.73. The topological polar surface area (TPSA) is 64.4 Å². The van der Waals surface area contributed by atoms with Crippen LogP contribution >= 0.6 is 0 Å². The number of aromatic nitrogens is 1. The molecular formula is C15H17FN2O3. The average Bonchev–Trinajstić information content (AvgIpc) is 2.82. The summed E-state index contributed by atoms with van der Waals surface area (Å²) in [5, 5.41) is 6.44. The summed E-state index contributed by atoms with van der Waals surface area (Å²) in [7, 11) is 0. The smallest absolute Gasteiger partial charge is 0.227 e. The number of aryl methyl sites for hydroxylation is 1. The summed E-state index contributed by atoms with van der Waals surface area (Å²) in [5.74, 6) is 0.413. The molecule has 6 heteroatoms. The van der Waals surface area contributed by atoms with Gasteiger partial charge in [-0.1, -0.05) is 11.2 Å². The zero-order chi connectivity index (χ0) is 15.2. The molecule has 1 N–H and O–H groups in total. The molecule has 0 aliphatic heterocycles. The van der Waals surface area contributed by atoms with Crippen molar-refractivity contribution < 1.29 is 18.4 Å². The van der Waals surface area contributed by atoms with E-state index >= 15 is 0 Å². The van der Waals surface area contributed by atoms with Gasteiger partial charge in [-0.25, -0.2) is 4.39 Å². The Morgan fingerprint density at radius 1 is 1.48 bits per heavy atom. The Labute approximate surface area is 122 Å². The van der Waals surface area contributed by atoms with Gasteiger partial charge in [0.15, 0.2) is 0 Å². The maximum atomic E-state index is 13.0. The number of rotatable bonds is 6. The van der Waals surface area contributed by atoms with E-state index in [1.807, 2.05) is 0 Å². The van der Waals surface area contributed by atoms with Gasteiger partial charge < -0.3 is 14.6 Å². The highest BCUT2D eigenvalue weighted by atomic mass is 19.1. The fraction of sp³-hybridized carbons (Fsp3) is 0.333. The molecule has 1 aromatic heterocycles. The van der Waals surface area contributed by atoms with Gasteiger partial charge >= 0.3 is 0 Å². The van der Waals surface area contributed by atoms with Crippen LogP contribution in [0, 0.1) is 12.7 Å². The first kappa shape index (κ1) is 15.0. The maximum Gasteiger partial charge on any atom is 0.227 e. The molecule has 1 amide bonds. The first-order valence-corrected chi connectivity index (χ1v) is 6.64. The van der Waals surface area contributed by atoms with E-state index in [0.717, 1.165) is 5.69 Å². The van der Waals surface area contributed by atoms with Gasteiger partial charge in [-0.15, -0.1) is 0 Å². The van der Waals surface area contributed by atoms with Crippen LogP contribution in [-0.2, 0) is 11.2 Å². The fourth-order valence-electron chi connectivity index (χ4n) is 1.79. The van der Waals surface area contributed by atoms with Crippen LogP contribution in [0.1, 0.15) is 18.4 Å². The summed E-state index contributed by atoms with van der Waals surface area (Å²) >= 11 is 0. The normalized spacial score (nSPS) is 12.0. The molecule has 1 unspecified atom stereocenters. The molecule has 1 heterocycles. The van der Waals surface area contributed by atoms with Crippen molar-refractivity contribution in [2.45, 2.75) is 26.4 Å². The third-order valence-electron chi connectivity index (χ3n) is 2.73. The number of ether oxygens (including phenoxy) is 1. The van der Waals surface area contributed by atoms with Crippen molar-refractivity contribution in [3.63, 3.8) is 0 Å². The molecule has 0 saturated heterocycles. The van der Waals surface area contributed by atoms with Gasteiger partial charge in [0.05, 0.1) is 18.7 Å². The highest BCUT2D eigenvalue weighted by Gasteiger charge is 2.10. The Balaban J connectivity index is 1.75. The Morgan fingerprint density at radius 2 is 2.29 bits per heavy atom. The minimum absolute atomic E-state index is 0.132. The van der Waals surface area contributed by atoms with Gasteiger partial charge in [-0.3, -0.25) is 4.79 Å². The maximum absolute atomic E-state index is 13.0. The monoisotopic (exact) mass is 292 g/mol. The Kier molecular flexibility index (Phi) is 4.92. The van der Waals surface area contributed by atoms with Gasteiger partial charge in [0.2, 0.25) is 5.91 Å². The highest BCUT2D eigenvalue weighted by molar-refractivity contribution is 5.77. The fourth-order valence-corrected chi connectivity index (χ4v) is 1.79. The molecule has 5 nitrogen and oxygen atoms in total. The predicted molar refractivity (Wildman–Crippen MR) is 74.4 cm³/mol. The van der Waals surface area contributed by atoms with Gasteiger partial charge in [0, 0.05) is 12.1 Å². The summed E-state index contributed by atoms with van der Waals surface area (Å²) in [6.07, 6.45) is -0.139. The van der Waals surface area contributed by atoms with Crippen LogP contribution in [0.4, 0.5) is 4.39 Å². The van der Waals surface area contributed by atoms with Crippen LogP contribution in [0.2, 0.25) is 0 Å². The number of carbonyl (C=O) groups is 1. The second-order valence-corrected chi connectivity index (χ2v) is 4.80. The standard InChI is InChI=1S/C15H17FN2O3/c1-10-6-14(21-18-10)8-15(19)17-9-11(2)20-13-5-3-4-12(16)7-13/h3-7,11H,8-9H2,1-2H3,(H,17,19). The number of nitrogens with zero attached hydrogens (tertiary/aromatic N) is 1. The third kappa shape index (κ3) is 4.91. The van der Waals surface area contributed by atoms with Crippen LogP contribution in [0.25, 0.3) is 0 Å². The van der Waals surface area contributed by atoms with Crippen molar-refractivity contribution in [2.75, 3.05) is 6.54 Å². The molecule has 1 aromatic carbocycles. The van der Waals surface area contributed by atoms with Crippen LogP contribution in [-0.4, -0.2) is 23.7 Å². The van der Waals surface area contributed by atoms with E-state index in [-0.39, 0.29) is 24.2 Å². The summed E-state index contributed by atoms with van der Waals surface area (Å²) < 4.78 is 23.5. The van der Waals surface area contributed by atoms with Crippen molar-refractivity contribution >= 4 is 5.91 Å². The van der Waals surface area contributed by atoms with Gasteiger partial charge in [-0.2, -0.15) is 0 Å². The molecular weight excluding hydrogens is 275 g/mol. The second kappa shape index (κ2) is 6.88. The molecule has 2 rings (SSSR count). The number of benzene rings is 1. The van der Waals surface area contributed by atoms with E-state index in [0.29, 0.717) is 18.1 Å². The van der Waals surface area contributed by atoms with Crippen molar-refractivity contribution in [2.24, 2.45) is 0 Å². The molecule has 0 radical (unpaired) electrons. The van der Waals surface area contributed by atoms with Crippen LogP contribution in [0.5, 0.6) is 5.75 Å². The lowest BCUT2D eigenvalue weighted by Crippen LogP contribution is -2.34. The number of hydrogen-bond acceptors (Lipinski definition) is 4. The number of carbonyl (C=O) groups excluding carboxylic acids is 1. The Hall–Kier alpha value is -2.37. The lowest BCUT2D eigenvalue weighted by atomic mass is 10.3. The molecule has 0 aliphatic carbocycles. The van der Waals surface area contributed by atoms with Crippen LogP contribution in [0.15, 0.2) is 34.9 Å². The minimum atomic E-state index is -0.357. The van der Waals surface area contributed by atoms with E-state index in [2.05, 4.69) is 10.5 Å². The van der Waals surface area contributed by atoms with E-state index in [1.165, 1.54) is 12.1 Å². The van der Waals surface area contributed by atoms with E-state index < -0.39 is 0 Å². The SMILES string of the molecule is Cc1cc(CC(=O)NCC(C)Oc2cccc(F)c2)on1. The molecule has 2 aromatic rings. The largest absolute Gasteiger partial charge is 0.489 e. The summed E-state index contributed by atoms with van der Waals surface area (Å²) in [6.45, 7) is 3.91. The number of halogens is 1. The molecule has 0 aliphatic rings. The minimum Gasteiger partial charge on any atom is -0.489 e. The molecule has 0 bridgehead atoms. The van der Waals surface area contributed by atoms with Crippen LogP contribution < -0.4 is 10.1 Å². The predicted octanol–water partition coefficient (Wildman–Crippen LogP) is 2.25. The number of amides is 1. The van der Waals surface area contributed by atoms with Crippen LogP contribution in [0.3, 0.4) is 0 Å². The molecule has 0 fully saturated rings. The average molecular weight is 292 g/mol. The van der Waals surface area contributed by atoms with Gasteiger partial charge in [0.1, 0.15) is 23.4 Å². The lowest BCUT2D eigenvalue weighted by Gasteiger charge is -2.15. The van der Waals surface area contributed by atoms with E-state index in [1.54, 1.807) is 32.0 Å². The van der Waals surface area contributed by atoms with Gasteiger partial charge in [-0.05, 0) is 26.0 Å². The van der Waals surface area contributed by atoms with Crippen molar-refractivity contribution in [3.8, 4) is 5.75 Å². The molecule has 1 atom stereocenters. The molecule has 0 spiro atoms. The zero-order valence-electron chi connectivity index (χ0n) is 11.9. The van der Waals surface area contributed by atoms with Crippen molar-refractivity contribution in [1.29, 1.82) is 0 Å². The van der Waals surface area contributed by atoms with Crippen molar-refractivity contribution in [3.05, 3.63) is 47.6 Å². The molecule has 112 valence electrons. The second-order valence-electron chi connectivity index (χ2n) is 4.80. The first-order chi connectivity index (χ1) is 10.0. The van der Waals surface area contributed by atoms with Crippen molar-refractivity contribution in [1.82, 2.24) is 10.5 Å². The lowest BCUT2D eigenvalue weighted by molar-refractivity contribution is -0.121. The quantitative estimate of drug-likeness (QED) is 0.887. The zero-order valence-corrected chi connectivity index (χ0v) is 11.9. The Morgan fingerprint density at radius 3 is 2.95 bits per heavy atom. The number of hydrogen-bond donors (Lipinski definition) is 1. The van der Waals surface area contributed by atoms with E-state index in [9.17, 15) is 9.18 Å². The van der Waals surface area contributed by atoms with E-state index in [4.69, 9.17) is 9.26 Å². The molecule has 0 saturated carbocycles. The summed E-state index contributed by atoms with van der Waals surface area (Å²) in [6, 6.07) is 7.60. The summed E-state index contributed by atoms with van der Waals surface area (Å²) in [4.78, 5) is 11.7. The Bertz CT molecular complexity index is 612. The number of nitrogens with one attached hydrogen (secondary N) is 1. The summed E-state index contributed by atoms with van der Waals surface area (Å²) in [5.41, 5.74) is 0.737. The highest BCUT2D eigenvalue weighted by Crippen LogP contribution is 2.13. The van der Waals surface area contributed by atoms with Gasteiger partial charge in [0.25, 0.3) is 0 Å². The molecule has 21 heavy (non-hydrogen) atoms. The first-order valence-electron chi connectivity index (χ1n) is 6.64.